The van der Waals surface area contributed by atoms with Gasteiger partial charge in [0.2, 0.25) is 5.91 Å². The van der Waals surface area contributed by atoms with E-state index in [9.17, 15) is 9.59 Å². The summed E-state index contributed by atoms with van der Waals surface area (Å²) in [6.07, 6.45) is 2.63. The van der Waals surface area contributed by atoms with Crippen LogP contribution in [-0.4, -0.2) is 52.4 Å². The van der Waals surface area contributed by atoms with Crippen molar-refractivity contribution in [2.75, 3.05) is 19.7 Å². The molecule has 2 fully saturated rings. The van der Waals surface area contributed by atoms with Crippen molar-refractivity contribution in [2.45, 2.75) is 55.3 Å². The predicted octanol–water partition coefficient (Wildman–Crippen LogP) is 2.79. The first-order valence-corrected chi connectivity index (χ1v) is 9.48. The number of hydrogen-bond acceptors (Lipinski definition) is 5. The van der Waals surface area contributed by atoms with Crippen LogP contribution in [0, 0.1) is 0 Å². The lowest BCUT2D eigenvalue weighted by atomic mass is 9.92. The Balaban J connectivity index is 1.42. The molecular weight excluding hydrogens is 338 g/mol. The average molecular weight is 363 g/mol. The molecule has 1 atom stereocenters. The van der Waals surface area contributed by atoms with Crippen molar-refractivity contribution in [1.82, 2.24) is 15.2 Å². The summed E-state index contributed by atoms with van der Waals surface area (Å²) in [7, 11) is 0. The Morgan fingerprint density at radius 3 is 2.72 bits per heavy atom. The van der Waals surface area contributed by atoms with Gasteiger partial charge in [0.1, 0.15) is 6.61 Å². The van der Waals surface area contributed by atoms with Crippen LogP contribution in [0.2, 0.25) is 0 Å². The molecule has 2 aliphatic heterocycles. The van der Waals surface area contributed by atoms with Crippen LogP contribution in [0.4, 0.5) is 4.79 Å². The van der Waals surface area contributed by atoms with Crippen molar-refractivity contribution in [3.63, 3.8) is 0 Å². The van der Waals surface area contributed by atoms with Crippen LogP contribution in [-0.2, 0) is 9.53 Å². The number of amides is 2. The Hall–Kier alpha value is -1.76. The fourth-order valence-electron chi connectivity index (χ4n) is 2.94. The van der Waals surface area contributed by atoms with Gasteiger partial charge < -0.3 is 15.0 Å². The van der Waals surface area contributed by atoms with E-state index in [0.29, 0.717) is 25.4 Å². The Kier molecular flexibility index (Phi) is 5.22. The molecule has 1 unspecified atom stereocenters. The zero-order valence-corrected chi connectivity index (χ0v) is 15.8. The number of alkyl carbamates (subject to hydrolysis) is 1. The molecule has 0 aliphatic carbocycles. The highest BCUT2D eigenvalue weighted by molar-refractivity contribution is 8.00. The Morgan fingerprint density at radius 2 is 2.16 bits per heavy atom. The smallest absolute Gasteiger partial charge is 0.407 e. The number of aromatic nitrogens is 1. The summed E-state index contributed by atoms with van der Waals surface area (Å²) in [5.41, 5.74) is 1.19. The third-order valence-corrected chi connectivity index (χ3v) is 5.38. The molecule has 3 heterocycles. The second kappa shape index (κ2) is 7.23. The van der Waals surface area contributed by atoms with Gasteiger partial charge in [-0.3, -0.25) is 4.79 Å². The van der Waals surface area contributed by atoms with Gasteiger partial charge >= 0.3 is 6.09 Å². The number of nitrogens with zero attached hydrogens (tertiary/aromatic N) is 2. The van der Waals surface area contributed by atoms with E-state index in [-0.39, 0.29) is 22.8 Å². The quantitative estimate of drug-likeness (QED) is 0.815. The number of likely N-dealkylation sites (tertiary alicyclic amines) is 1. The Morgan fingerprint density at radius 1 is 1.40 bits per heavy atom. The molecule has 2 amide bonds. The minimum atomic E-state index is -0.387. The topological polar surface area (TPSA) is 71.5 Å². The minimum Gasteiger partial charge on any atom is -0.447 e. The summed E-state index contributed by atoms with van der Waals surface area (Å²) in [6.45, 7) is 8.38. The van der Waals surface area contributed by atoms with Crippen molar-refractivity contribution in [3.8, 4) is 0 Å². The molecule has 0 saturated carbocycles. The highest BCUT2D eigenvalue weighted by Gasteiger charge is 2.32. The molecule has 3 rings (SSSR count). The van der Waals surface area contributed by atoms with Crippen molar-refractivity contribution >= 4 is 23.8 Å². The number of nitrogens with one attached hydrogen (secondary N) is 1. The van der Waals surface area contributed by atoms with Gasteiger partial charge in [0, 0.05) is 36.4 Å². The van der Waals surface area contributed by atoms with Gasteiger partial charge in [0.05, 0.1) is 11.1 Å². The van der Waals surface area contributed by atoms with Crippen molar-refractivity contribution in [1.29, 1.82) is 0 Å². The first-order chi connectivity index (χ1) is 11.8. The second-order valence-corrected chi connectivity index (χ2v) is 9.47. The molecule has 7 heteroatoms. The van der Waals surface area contributed by atoms with Crippen molar-refractivity contribution in [2.24, 2.45) is 0 Å². The third kappa shape index (κ3) is 4.87. The van der Waals surface area contributed by atoms with Crippen LogP contribution in [0.5, 0.6) is 0 Å². The first kappa shape index (κ1) is 18.0. The van der Waals surface area contributed by atoms with Crippen molar-refractivity contribution < 1.29 is 14.3 Å². The summed E-state index contributed by atoms with van der Waals surface area (Å²) in [4.78, 5) is 29.6. The first-order valence-electron chi connectivity index (χ1n) is 8.66. The van der Waals surface area contributed by atoms with Gasteiger partial charge in [-0.05, 0) is 18.1 Å². The van der Waals surface area contributed by atoms with Crippen molar-refractivity contribution in [3.05, 3.63) is 23.9 Å². The molecule has 2 saturated heterocycles. The Bertz CT molecular complexity index is 636. The largest absolute Gasteiger partial charge is 0.447 e. The summed E-state index contributed by atoms with van der Waals surface area (Å²) in [5, 5.41) is 3.73. The summed E-state index contributed by atoms with van der Waals surface area (Å²) < 4.78 is 4.98. The highest BCUT2D eigenvalue weighted by Crippen LogP contribution is 2.32. The van der Waals surface area contributed by atoms with Crippen LogP contribution in [0.3, 0.4) is 0 Å². The number of carbonyl (C=O) groups excluding carboxylic acids is 2. The third-order valence-electron chi connectivity index (χ3n) is 4.32. The standard InChI is InChI=1S/C18H25N3O3S/c1-18(2,3)25-15-6-4-12(8-19-15)13-9-21(10-13)16(22)7-5-14-11-24-17(23)20-14/h4,6,8,13-14H,5,7,9-11H2,1-3H3,(H,20,23). The SMILES string of the molecule is CC(C)(C)Sc1ccc(C2CN(C(=O)CCC3COC(=O)N3)C2)cn1. The number of ether oxygens (including phenoxy) is 1. The lowest BCUT2D eigenvalue weighted by Crippen LogP contribution is -2.48. The number of rotatable bonds is 5. The fourth-order valence-corrected chi connectivity index (χ4v) is 3.81. The molecule has 0 spiro atoms. The van der Waals surface area contributed by atoms with E-state index in [0.717, 1.165) is 18.1 Å². The highest BCUT2D eigenvalue weighted by atomic mass is 32.2. The minimum absolute atomic E-state index is 0.0365. The van der Waals surface area contributed by atoms with Gasteiger partial charge in [-0.2, -0.15) is 0 Å². The van der Waals surface area contributed by atoms with E-state index in [2.05, 4.69) is 43.2 Å². The van der Waals surface area contributed by atoms with Crippen LogP contribution >= 0.6 is 11.8 Å². The molecule has 136 valence electrons. The number of hydrogen-bond donors (Lipinski definition) is 1. The number of cyclic esters (lactones) is 1. The van der Waals surface area contributed by atoms with Crippen LogP contribution in [0.15, 0.2) is 23.4 Å². The van der Waals surface area contributed by atoms with E-state index in [1.165, 1.54) is 5.56 Å². The lowest BCUT2D eigenvalue weighted by molar-refractivity contribution is -0.135. The number of pyridine rings is 1. The maximum Gasteiger partial charge on any atom is 0.407 e. The molecule has 0 radical (unpaired) electrons. The normalized spacial score (nSPS) is 20.8. The molecule has 25 heavy (non-hydrogen) atoms. The zero-order valence-electron chi connectivity index (χ0n) is 14.9. The van der Waals surface area contributed by atoms with E-state index in [1.807, 2.05) is 11.1 Å². The van der Waals surface area contributed by atoms with Gasteiger partial charge in [0.15, 0.2) is 0 Å². The molecule has 1 N–H and O–H groups in total. The van der Waals surface area contributed by atoms with Gasteiger partial charge in [-0.15, -0.1) is 11.8 Å². The maximum atomic E-state index is 12.2. The van der Waals surface area contributed by atoms with Gasteiger partial charge in [-0.25, -0.2) is 9.78 Å². The molecule has 2 aliphatic rings. The fraction of sp³-hybridized carbons (Fsp3) is 0.611. The molecule has 1 aromatic rings. The number of carbonyl (C=O) groups is 2. The molecule has 0 aromatic carbocycles. The summed E-state index contributed by atoms with van der Waals surface area (Å²) in [5.74, 6) is 0.518. The molecule has 1 aromatic heterocycles. The summed E-state index contributed by atoms with van der Waals surface area (Å²) >= 11 is 1.76. The monoisotopic (exact) mass is 363 g/mol. The summed E-state index contributed by atoms with van der Waals surface area (Å²) in [6, 6.07) is 4.16. The lowest BCUT2D eigenvalue weighted by Gasteiger charge is -2.39. The van der Waals surface area contributed by atoms with Gasteiger partial charge in [-0.1, -0.05) is 26.8 Å². The van der Waals surface area contributed by atoms with E-state index in [1.54, 1.807) is 11.8 Å². The Labute approximate surface area is 152 Å². The average Bonchev–Trinajstić information content (AvgIpc) is 2.89. The van der Waals surface area contributed by atoms with Crippen LogP contribution < -0.4 is 5.32 Å². The maximum absolute atomic E-state index is 12.2. The van der Waals surface area contributed by atoms with E-state index in [4.69, 9.17) is 4.74 Å². The predicted molar refractivity (Wildman–Crippen MR) is 96.7 cm³/mol. The van der Waals surface area contributed by atoms with Gasteiger partial charge in [0.25, 0.3) is 0 Å². The second-order valence-electron chi connectivity index (χ2n) is 7.62. The molecule has 0 bridgehead atoms. The molecular formula is C18H25N3O3S. The van der Waals surface area contributed by atoms with E-state index < -0.39 is 0 Å². The zero-order chi connectivity index (χ0) is 18.0. The number of thioether (sulfide) groups is 1. The van der Waals surface area contributed by atoms with E-state index >= 15 is 0 Å². The van der Waals surface area contributed by atoms with Crippen LogP contribution in [0.25, 0.3) is 0 Å². The molecule has 6 nitrogen and oxygen atoms in total. The van der Waals surface area contributed by atoms with Crippen LogP contribution in [0.1, 0.15) is 45.1 Å².